The van der Waals surface area contributed by atoms with Crippen molar-refractivity contribution in [3.63, 3.8) is 0 Å². The minimum absolute atomic E-state index is 0.0701. The van der Waals surface area contributed by atoms with Crippen molar-refractivity contribution < 1.29 is 24.3 Å². The number of pyridine rings is 1. The molecule has 0 bridgehead atoms. The summed E-state index contributed by atoms with van der Waals surface area (Å²) < 4.78 is 10.4. The number of carboxylic acids is 1. The van der Waals surface area contributed by atoms with Crippen LogP contribution in [0.15, 0.2) is 12.1 Å². The molecule has 20 heavy (non-hydrogen) atoms. The standard InChI is InChI=1S/C12H16N2O6/c1-2-3-6-19-7-8-20-11-10(14(17)18)5-4-9(13-11)12(15)16/h4-5H,2-3,6-8H2,1H3,(H,15,16). The van der Waals surface area contributed by atoms with Gasteiger partial charge in [0.2, 0.25) is 0 Å². The second-order valence-corrected chi connectivity index (χ2v) is 3.90. The van der Waals surface area contributed by atoms with E-state index in [1.807, 2.05) is 6.92 Å². The van der Waals surface area contributed by atoms with Crippen LogP contribution >= 0.6 is 0 Å². The Hall–Kier alpha value is -2.22. The van der Waals surface area contributed by atoms with Crippen LogP contribution in [-0.2, 0) is 4.74 Å². The van der Waals surface area contributed by atoms with E-state index in [4.69, 9.17) is 14.6 Å². The Morgan fingerprint density at radius 2 is 2.15 bits per heavy atom. The van der Waals surface area contributed by atoms with Crippen LogP contribution in [0.2, 0.25) is 0 Å². The second-order valence-electron chi connectivity index (χ2n) is 3.90. The van der Waals surface area contributed by atoms with Crippen molar-refractivity contribution in [3.05, 3.63) is 27.9 Å². The van der Waals surface area contributed by atoms with Crippen molar-refractivity contribution in [1.29, 1.82) is 0 Å². The number of ether oxygens (including phenoxy) is 2. The van der Waals surface area contributed by atoms with Gasteiger partial charge < -0.3 is 14.6 Å². The lowest BCUT2D eigenvalue weighted by Gasteiger charge is -2.07. The third kappa shape index (κ3) is 4.81. The van der Waals surface area contributed by atoms with Crippen molar-refractivity contribution in [2.45, 2.75) is 19.8 Å². The first-order valence-electron chi connectivity index (χ1n) is 6.15. The van der Waals surface area contributed by atoms with Gasteiger partial charge in [0.05, 0.1) is 11.5 Å². The topological polar surface area (TPSA) is 112 Å². The molecule has 1 aromatic rings. The number of carbonyl (C=O) groups is 1. The van der Waals surface area contributed by atoms with Crippen molar-refractivity contribution in [3.8, 4) is 5.88 Å². The highest BCUT2D eigenvalue weighted by molar-refractivity contribution is 5.85. The van der Waals surface area contributed by atoms with Gasteiger partial charge in [0, 0.05) is 12.7 Å². The SMILES string of the molecule is CCCCOCCOc1nc(C(=O)O)ccc1[N+](=O)[O-]. The zero-order valence-electron chi connectivity index (χ0n) is 11.1. The summed E-state index contributed by atoms with van der Waals surface area (Å²) in [6.07, 6.45) is 1.93. The van der Waals surface area contributed by atoms with Crippen LogP contribution < -0.4 is 4.74 Å². The van der Waals surface area contributed by atoms with Crippen molar-refractivity contribution >= 4 is 11.7 Å². The van der Waals surface area contributed by atoms with E-state index < -0.39 is 10.9 Å². The highest BCUT2D eigenvalue weighted by atomic mass is 16.6. The number of nitro groups is 1. The van der Waals surface area contributed by atoms with Gasteiger partial charge in [-0.1, -0.05) is 13.3 Å². The highest BCUT2D eigenvalue weighted by Crippen LogP contribution is 2.24. The summed E-state index contributed by atoms with van der Waals surface area (Å²) >= 11 is 0. The monoisotopic (exact) mass is 284 g/mol. The molecule has 8 heteroatoms. The molecule has 0 fully saturated rings. The molecule has 0 spiro atoms. The van der Waals surface area contributed by atoms with Gasteiger partial charge in [-0.3, -0.25) is 10.1 Å². The lowest BCUT2D eigenvalue weighted by atomic mass is 10.3. The quantitative estimate of drug-likeness (QED) is 0.418. The minimum Gasteiger partial charge on any atom is -0.477 e. The van der Waals surface area contributed by atoms with E-state index in [2.05, 4.69) is 4.98 Å². The van der Waals surface area contributed by atoms with Crippen LogP contribution in [0.25, 0.3) is 0 Å². The summed E-state index contributed by atoms with van der Waals surface area (Å²) in [6, 6.07) is 2.12. The number of hydrogen-bond acceptors (Lipinski definition) is 6. The first kappa shape index (κ1) is 15.8. The molecule has 1 aromatic heterocycles. The normalized spacial score (nSPS) is 10.2. The average molecular weight is 284 g/mol. The predicted octanol–water partition coefficient (Wildman–Crippen LogP) is 1.88. The molecule has 0 aliphatic heterocycles. The number of nitrogens with zero attached hydrogens (tertiary/aromatic N) is 2. The number of aromatic nitrogens is 1. The van der Waals surface area contributed by atoms with Gasteiger partial charge in [-0.2, -0.15) is 0 Å². The molecule has 1 rings (SSSR count). The first-order chi connectivity index (χ1) is 9.56. The third-order valence-corrected chi connectivity index (χ3v) is 2.36. The Kier molecular flexibility index (Phi) is 6.38. The Balaban J connectivity index is 2.63. The van der Waals surface area contributed by atoms with Crippen molar-refractivity contribution in [2.75, 3.05) is 19.8 Å². The number of carboxylic acid groups (broad SMARTS) is 1. The summed E-state index contributed by atoms with van der Waals surface area (Å²) in [5.41, 5.74) is -0.680. The molecule has 0 atom stereocenters. The third-order valence-electron chi connectivity index (χ3n) is 2.36. The molecule has 0 unspecified atom stereocenters. The Bertz CT molecular complexity index is 477. The molecule has 0 amide bonds. The van der Waals surface area contributed by atoms with Crippen LogP contribution in [0.5, 0.6) is 5.88 Å². The summed E-state index contributed by atoms with van der Waals surface area (Å²) in [6.45, 7) is 2.95. The number of rotatable bonds is 9. The van der Waals surface area contributed by atoms with E-state index in [1.165, 1.54) is 0 Å². The average Bonchev–Trinajstić information content (AvgIpc) is 2.42. The fourth-order valence-electron chi connectivity index (χ4n) is 1.34. The number of unbranched alkanes of at least 4 members (excludes halogenated alkanes) is 1. The van der Waals surface area contributed by atoms with Crippen LogP contribution in [0, 0.1) is 10.1 Å². The van der Waals surface area contributed by atoms with E-state index in [-0.39, 0.29) is 30.5 Å². The summed E-state index contributed by atoms with van der Waals surface area (Å²) in [5, 5.41) is 19.6. The Morgan fingerprint density at radius 1 is 1.40 bits per heavy atom. The van der Waals surface area contributed by atoms with Crippen LogP contribution in [0.3, 0.4) is 0 Å². The van der Waals surface area contributed by atoms with Gasteiger partial charge in [0.25, 0.3) is 5.88 Å². The van der Waals surface area contributed by atoms with Crippen LogP contribution in [-0.4, -0.2) is 40.8 Å². The first-order valence-corrected chi connectivity index (χ1v) is 6.15. The van der Waals surface area contributed by atoms with E-state index in [1.54, 1.807) is 0 Å². The summed E-state index contributed by atoms with van der Waals surface area (Å²) in [5.74, 6) is -1.59. The zero-order valence-corrected chi connectivity index (χ0v) is 11.1. The molecule has 110 valence electrons. The largest absolute Gasteiger partial charge is 0.477 e. The molecular formula is C12H16N2O6. The zero-order chi connectivity index (χ0) is 15.0. The highest BCUT2D eigenvalue weighted by Gasteiger charge is 2.19. The second kappa shape index (κ2) is 8.05. The lowest BCUT2D eigenvalue weighted by molar-refractivity contribution is -0.386. The molecule has 0 aromatic carbocycles. The van der Waals surface area contributed by atoms with Gasteiger partial charge >= 0.3 is 11.7 Å². The van der Waals surface area contributed by atoms with E-state index in [9.17, 15) is 14.9 Å². The molecule has 8 nitrogen and oxygen atoms in total. The Morgan fingerprint density at radius 3 is 2.75 bits per heavy atom. The molecule has 1 N–H and O–H groups in total. The van der Waals surface area contributed by atoms with E-state index in [0.29, 0.717) is 6.61 Å². The molecule has 0 radical (unpaired) electrons. The van der Waals surface area contributed by atoms with Gasteiger partial charge in [0.15, 0.2) is 5.69 Å². The molecule has 0 aliphatic rings. The molecular weight excluding hydrogens is 268 g/mol. The van der Waals surface area contributed by atoms with Crippen molar-refractivity contribution in [1.82, 2.24) is 4.98 Å². The minimum atomic E-state index is -1.27. The van der Waals surface area contributed by atoms with Gasteiger partial charge in [-0.15, -0.1) is 0 Å². The molecule has 0 saturated heterocycles. The Labute approximate surface area is 115 Å². The lowest BCUT2D eigenvalue weighted by Crippen LogP contribution is -2.11. The smallest absolute Gasteiger partial charge is 0.354 e. The number of hydrogen-bond donors (Lipinski definition) is 1. The molecule has 1 heterocycles. The van der Waals surface area contributed by atoms with Gasteiger partial charge in [-0.25, -0.2) is 9.78 Å². The maximum atomic E-state index is 10.8. The van der Waals surface area contributed by atoms with Gasteiger partial charge in [-0.05, 0) is 12.5 Å². The summed E-state index contributed by atoms with van der Waals surface area (Å²) in [7, 11) is 0. The number of aromatic carboxylic acids is 1. The van der Waals surface area contributed by atoms with Crippen LogP contribution in [0.1, 0.15) is 30.3 Å². The molecule has 0 aliphatic carbocycles. The summed E-state index contributed by atoms with van der Waals surface area (Å²) in [4.78, 5) is 24.5. The predicted molar refractivity (Wildman–Crippen MR) is 69.1 cm³/mol. The van der Waals surface area contributed by atoms with E-state index >= 15 is 0 Å². The van der Waals surface area contributed by atoms with Crippen LogP contribution in [0.4, 0.5) is 5.69 Å². The maximum absolute atomic E-state index is 10.8. The molecule has 0 saturated carbocycles. The van der Waals surface area contributed by atoms with Crippen molar-refractivity contribution in [2.24, 2.45) is 0 Å². The van der Waals surface area contributed by atoms with E-state index in [0.717, 1.165) is 25.0 Å². The fraction of sp³-hybridized carbons (Fsp3) is 0.500. The maximum Gasteiger partial charge on any atom is 0.354 e. The van der Waals surface area contributed by atoms with Gasteiger partial charge in [0.1, 0.15) is 6.61 Å². The fourth-order valence-corrected chi connectivity index (χ4v) is 1.34.